The highest BCUT2D eigenvalue weighted by Crippen LogP contribution is 2.24. The van der Waals surface area contributed by atoms with Crippen molar-refractivity contribution in [2.75, 3.05) is 20.7 Å². The molecule has 30 heavy (non-hydrogen) atoms. The second kappa shape index (κ2) is 7.54. The van der Waals surface area contributed by atoms with Crippen LogP contribution in [0.4, 0.5) is 4.39 Å². The highest BCUT2D eigenvalue weighted by molar-refractivity contribution is 5.98. The fourth-order valence-corrected chi connectivity index (χ4v) is 3.15. The van der Waals surface area contributed by atoms with Gasteiger partial charge in [-0.2, -0.15) is 5.10 Å². The molecule has 9 nitrogen and oxygen atoms in total. The molecule has 2 aromatic heterocycles. The number of nitrogens with one attached hydrogen (secondary N) is 1. The Morgan fingerprint density at radius 3 is 2.87 bits per heavy atom. The Balaban J connectivity index is 1.58. The summed E-state index contributed by atoms with van der Waals surface area (Å²) in [6.07, 6.45) is 1.22. The van der Waals surface area contributed by atoms with Crippen molar-refractivity contribution in [2.24, 2.45) is 0 Å². The van der Waals surface area contributed by atoms with Crippen LogP contribution in [0, 0.1) is 5.82 Å². The van der Waals surface area contributed by atoms with Crippen molar-refractivity contribution in [1.82, 2.24) is 24.8 Å². The smallest absolute Gasteiger partial charge is 0.272 e. The van der Waals surface area contributed by atoms with Crippen LogP contribution in [0.2, 0.25) is 0 Å². The van der Waals surface area contributed by atoms with E-state index >= 15 is 0 Å². The van der Waals surface area contributed by atoms with Crippen LogP contribution in [0.1, 0.15) is 32.1 Å². The summed E-state index contributed by atoms with van der Waals surface area (Å²) in [6, 6.07) is 6.60. The fraction of sp³-hybridized carbons (Fsp3) is 0.250. The highest BCUT2D eigenvalue weighted by atomic mass is 19.1. The van der Waals surface area contributed by atoms with Crippen LogP contribution >= 0.6 is 0 Å². The molecule has 0 saturated heterocycles. The zero-order valence-electron chi connectivity index (χ0n) is 16.3. The van der Waals surface area contributed by atoms with Crippen LogP contribution in [0.5, 0.6) is 5.75 Å². The molecule has 4 rings (SSSR count). The molecule has 0 aliphatic carbocycles. The number of benzene rings is 1. The number of aromatic nitrogens is 3. The quantitative estimate of drug-likeness (QED) is 0.687. The molecule has 0 bridgehead atoms. The van der Waals surface area contributed by atoms with Gasteiger partial charge in [0, 0.05) is 38.7 Å². The van der Waals surface area contributed by atoms with Gasteiger partial charge in [-0.15, -0.1) is 0 Å². The number of amides is 2. The third-order valence-electron chi connectivity index (χ3n) is 4.64. The van der Waals surface area contributed by atoms with E-state index in [-0.39, 0.29) is 42.4 Å². The topological polar surface area (TPSA) is 106 Å². The molecule has 1 aromatic carbocycles. The number of Topliss-reactive ketones (excluding diaryl/α,β-unsaturated/α-hetero) is 1. The van der Waals surface area contributed by atoms with Crippen LogP contribution in [0.25, 0.3) is 5.65 Å². The summed E-state index contributed by atoms with van der Waals surface area (Å²) in [6.45, 7) is 0.224. The van der Waals surface area contributed by atoms with Crippen LogP contribution in [0.15, 0.2) is 30.5 Å². The van der Waals surface area contributed by atoms with Gasteiger partial charge in [0.1, 0.15) is 23.7 Å². The lowest BCUT2D eigenvalue weighted by atomic mass is 10.0. The van der Waals surface area contributed by atoms with E-state index < -0.39 is 17.6 Å². The minimum absolute atomic E-state index is 0.0119. The van der Waals surface area contributed by atoms with Crippen molar-refractivity contribution in [3.8, 4) is 5.75 Å². The molecule has 10 heteroatoms. The second-order valence-electron chi connectivity index (χ2n) is 7.08. The number of halogens is 1. The van der Waals surface area contributed by atoms with E-state index in [2.05, 4.69) is 15.4 Å². The second-order valence-corrected chi connectivity index (χ2v) is 7.08. The van der Waals surface area contributed by atoms with Gasteiger partial charge in [-0.05, 0) is 17.7 Å². The summed E-state index contributed by atoms with van der Waals surface area (Å²) in [5.41, 5.74) is 1.23. The zero-order valence-corrected chi connectivity index (χ0v) is 16.3. The Morgan fingerprint density at radius 1 is 1.30 bits per heavy atom. The standard InChI is InChI=1S/C20H18FN5O4/c1-25(2)20(29)16-7-15(24-18-14(21)9-23-26(16)18)19(28)22-8-11-3-4-17-12(5-11)6-13(27)10-30-17/h3-5,7,9H,6,8,10H2,1-2H3,(H,22,28). The first kappa shape index (κ1) is 19.5. The lowest BCUT2D eigenvalue weighted by Crippen LogP contribution is -2.28. The number of fused-ring (bicyclic) bond motifs is 2. The van der Waals surface area contributed by atoms with E-state index in [0.717, 1.165) is 21.8 Å². The summed E-state index contributed by atoms with van der Waals surface area (Å²) >= 11 is 0. The maximum atomic E-state index is 14.0. The minimum atomic E-state index is -0.739. The lowest BCUT2D eigenvalue weighted by molar-refractivity contribution is -0.121. The van der Waals surface area contributed by atoms with Gasteiger partial charge in [-0.25, -0.2) is 13.9 Å². The fourth-order valence-electron chi connectivity index (χ4n) is 3.15. The Labute approximate surface area is 170 Å². The molecule has 1 aliphatic heterocycles. The van der Waals surface area contributed by atoms with E-state index in [9.17, 15) is 18.8 Å². The summed E-state index contributed by atoms with van der Waals surface area (Å²) < 4.78 is 20.5. The van der Waals surface area contributed by atoms with Crippen LogP contribution in [-0.4, -0.2) is 57.8 Å². The number of ether oxygens (including phenoxy) is 1. The van der Waals surface area contributed by atoms with Crippen molar-refractivity contribution in [1.29, 1.82) is 0 Å². The summed E-state index contributed by atoms with van der Waals surface area (Å²) in [7, 11) is 3.08. The van der Waals surface area contributed by atoms with Gasteiger partial charge in [-0.1, -0.05) is 6.07 Å². The predicted molar refractivity (Wildman–Crippen MR) is 103 cm³/mol. The number of hydrogen-bond acceptors (Lipinski definition) is 6. The summed E-state index contributed by atoms with van der Waals surface area (Å²) in [4.78, 5) is 41.9. The van der Waals surface area contributed by atoms with E-state index in [1.165, 1.54) is 11.0 Å². The average Bonchev–Trinajstić information content (AvgIpc) is 3.11. The Hall–Kier alpha value is -3.82. The number of carbonyl (C=O) groups is 3. The van der Waals surface area contributed by atoms with Crippen LogP contribution in [-0.2, 0) is 17.8 Å². The number of nitrogens with zero attached hydrogens (tertiary/aromatic N) is 4. The first-order chi connectivity index (χ1) is 14.3. The first-order valence-electron chi connectivity index (χ1n) is 9.14. The predicted octanol–water partition coefficient (Wildman–Crippen LogP) is 1.00. The SMILES string of the molecule is CN(C)C(=O)c1cc(C(=O)NCc2ccc3c(c2)CC(=O)CO3)nc2c(F)cnn12. The minimum Gasteiger partial charge on any atom is -0.486 e. The molecule has 0 radical (unpaired) electrons. The van der Waals surface area contributed by atoms with Crippen molar-refractivity contribution < 1.29 is 23.5 Å². The molecular formula is C20H18FN5O4. The molecule has 154 valence electrons. The largest absolute Gasteiger partial charge is 0.486 e. The normalized spacial score (nSPS) is 13.0. The van der Waals surface area contributed by atoms with Crippen molar-refractivity contribution in [3.05, 3.63) is 58.8 Å². The van der Waals surface area contributed by atoms with Crippen LogP contribution < -0.4 is 10.1 Å². The number of hydrogen-bond donors (Lipinski definition) is 1. The molecule has 3 aromatic rings. The molecule has 0 spiro atoms. The highest BCUT2D eigenvalue weighted by Gasteiger charge is 2.21. The third kappa shape index (κ3) is 3.59. The van der Waals surface area contributed by atoms with Gasteiger partial charge in [0.25, 0.3) is 11.8 Å². The third-order valence-corrected chi connectivity index (χ3v) is 4.64. The first-order valence-corrected chi connectivity index (χ1v) is 9.14. The monoisotopic (exact) mass is 411 g/mol. The van der Waals surface area contributed by atoms with E-state index in [1.807, 2.05) is 0 Å². The van der Waals surface area contributed by atoms with Gasteiger partial charge in [0.15, 0.2) is 17.2 Å². The molecule has 0 unspecified atom stereocenters. The molecule has 0 atom stereocenters. The zero-order chi connectivity index (χ0) is 21.4. The van der Waals surface area contributed by atoms with Crippen molar-refractivity contribution >= 4 is 23.2 Å². The van der Waals surface area contributed by atoms with E-state index in [1.54, 1.807) is 32.3 Å². The Bertz CT molecular complexity index is 1190. The van der Waals surface area contributed by atoms with Crippen molar-refractivity contribution in [2.45, 2.75) is 13.0 Å². The summed E-state index contributed by atoms with van der Waals surface area (Å²) in [5.74, 6) is -1.12. The van der Waals surface area contributed by atoms with Gasteiger partial charge >= 0.3 is 0 Å². The lowest BCUT2D eigenvalue weighted by Gasteiger charge is -2.17. The Morgan fingerprint density at radius 2 is 2.10 bits per heavy atom. The number of rotatable bonds is 4. The van der Waals surface area contributed by atoms with Gasteiger partial charge in [-0.3, -0.25) is 14.4 Å². The van der Waals surface area contributed by atoms with E-state index in [0.29, 0.717) is 5.75 Å². The van der Waals surface area contributed by atoms with Crippen LogP contribution in [0.3, 0.4) is 0 Å². The number of ketones is 1. The molecule has 1 N–H and O–H groups in total. The average molecular weight is 411 g/mol. The maximum Gasteiger partial charge on any atom is 0.272 e. The van der Waals surface area contributed by atoms with Gasteiger partial charge in [0.05, 0.1) is 6.20 Å². The Kier molecular flexibility index (Phi) is 4.90. The number of carbonyl (C=O) groups excluding carboxylic acids is 3. The molecule has 3 heterocycles. The molecule has 0 saturated carbocycles. The molecule has 2 amide bonds. The van der Waals surface area contributed by atoms with Gasteiger partial charge < -0.3 is 15.0 Å². The molecule has 0 fully saturated rings. The molecular weight excluding hydrogens is 393 g/mol. The van der Waals surface area contributed by atoms with E-state index in [4.69, 9.17) is 4.74 Å². The van der Waals surface area contributed by atoms with Crippen molar-refractivity contribution in [3.63, 3.8) is 0 Å². The molecule has 1 aliphatic rings. The maximum absolute atomic E-state index is 14.0. The summed E-state index contributed by atoms with van der Waals surface area (Å²) in [5, 5.41) is 6.52. The van der Waals surface area contributed by atoms with Gasteiger partial charge in [0.2, 0.25) is 0 Å².